The Labute approximate surface area is 206 Å². The highest BCUT2D eigenvalue weighted by atomic mass is 16.5. The van der Waals surface area contributed by atoms with E-state index >= 15 is 0 Å². The van der Waals surface area contributed by atoms with Gasteiger partial charge >= 0.3 is 12.1 Å². The molecule has 7 heteroatoms. The molecule has 2 amide bonds. The Morgan fingerprint density at radius 2 is 1.57 bits per heavy atom. The summed E-state index contributed by atoms with van der Waals surface area (Å²) in [5.41, 5.74) is 2.68. The van der Waals surface area contributed by atoms with Gasteiger partial charge in [0, 0.05) is 18.5 Å². The van der Waals surface area contributed by atoms with Gasteiger partial charge in [0.25, 0.3) is 0 Å². The Bertz CT molecular complexity index is 1090. The molecule has 1 aliphatic heterocycles. The second-order valence-corrected chi connectivity index (χ2v) is 10.6. The molecule has 0 radical (unpaired) electrons. The maximum Gasteiger partial charge on any atom is 0.407 e. The Morgan fingerprint density at radius 3 is 2.14 bits per heavy atom. The van der Waals surface area contributed by atoms with Crippen molar-refractivity contribution in [3.8, 4) is 11.1 Å². The van der Waals surface area contributed by atoms with Crippen molar-refractivity contribution in [2.45, 2.75) is 64.5 Å². The van der Waals surface area contributed by atoms with Crippen molar-refractivity contribution in [3.63, 3.8) is 0 Å². The van der Waals surface area contributed by atoms with Crippen LogP contribution in [0, 0.1) is 5.41 Å². The van der Waals surface area contributed by atoms with E-state index in [0.29, 0.717) is 13.0 Å². The van der Waals surface area contributed by atoms with Gasteiger partial charge in [-0.15, -0.1) is 0 Å². The number of benzene rings is 2. The van der Waals surface area contributed by atoms with Crippen LogP contribution < -0.4 is 5.32 Å². The average Bonchev–Trinajstić information content (AvgIpc) is 3.38. The number of aliphatic carboxylic acids is 1. The minimum atomic E-state index is -0.973. The third-order valence-electron chi connectivity index (χ3n) is 7.90. The van der Waals surface area contributed by atoms with Crippen LogP contribution in [0.15, 0.2) is 48.5 Å². The van der Waals surface area contributed by atoms with E-state index < -0.39 is 23.0 Å². The molecule has 186 valence electrons. The average molecular weight is 479 g/mol. The zero-order valence-corrected chi connectivity index (χ0v) is 20.8. The summed E-state index contributed by atoms with van der Waals surface area (Å²) in [6.07, 6.45) is 0.803. The number of alkyl carbamates (subject to hydrolysis) is 1. The molecule has 1 aliphatic carbocycles. The molecule has 2 N–H and O–H groups in total. The molecule has 1 heterocycles. The molecule has 7 nitrogen and oxygen atoms in total. The lowest BCUT2D eigenvalue weighted by Gasteiger charge is -2.43. The maximum atomic E-state index is 13.5. The molecule has 1 saturated heterocycles. The second-order valence-electron chi connectivity index (χ2n) is 10.6. The molecule has 35 heavy (non-hydrogen) atoms. The predicted molar refractivity (Wildman–Crippen MR) is 133 cm³/mol. The van der Waals surface area contributed by atoms with E-state index in [9.17, 15) is 19.5 Å². The van der Waals surface area contributed by atoms with Crippen molar-refractivity contribution in [3.05, 3.63) is 59.7 Å². The number of nitrogens with one attached hydrogen (secondary N) is 1. The van der Waals surface area contributed by atoms with Gasteiger partial charge in [0.15, 0.2) is 0 Å². The third-order valence-corrected chi connectivity index (χ3v) is 7.90. The van der Waals surface area contributed by atoms with E-state index in [1.54, 1.807) is 32.6 Å². The minimum Gasteiger partial charge on any atom is -0.481 e. The van der Waals surface area contributed by atoms with Gasteiger partial charge in [-0.2, -0.15) is 0 Å². The van der Waals surface area contributed by atoms with Gasteiger partial charge in [0.05, 0.1) is 17.4 Å². The van der Waals surface area contributed by atoms with Crippen molar-refractivity contribution in [1.82, 2.24) is 10.2 Å². The summed E-state index contributed by atoms with van der Waals surface area (Å²) in [5, 5.41) is 12.1. The largest absolute Gasteiger partial charge is 0.481 e. The standard InChI is InChI=1S/C28H34N2O5/c1-27(2,25(33)30-15-9-10-18(30)16-24(31)32)28(3,4)29-26(34)35-17-23-21-13-7-5-11-19(21)20-12-6-8-14-22(20)23/h5-8,11-14,18,23H,9-10,15-17H2,1-4H3,(H,29,34)(H,31,32). The first-order valence-corrected chi connectivity index (χ1v) is 12.2. The normalized spacial score (nSPS) is 17.6. The van der Waals surface area contributed by atoms with Crippen molar-refractivity contribution >= 4 is 18.0 Å². The summed E-state index contributed by atoms with van der Waals surface area (Å²) in [5.74, 6) is -1.12. The topological polar surface area (TPSA) is 95.9 Å². The van der Waals surface area contributed by atoms with Crippen LogP contribution >= 0.6 is 0 Å². The molecule has 1 atom stereocenters. The van der Waals surface area contributed by atoms with Gasteiger partial charge in [0.1, 0.15) is 6.61 Å². The lowest BCUT2D eigenvalue weighted by atomic mass is 9.73. The molecule has 2 aromatic rings. The Kier molecular flexibility index (Phi) is 6.62. The number of carbonyl (C=O) groups excluding carboxylic acids is 2. The van der Waals surface area contributed by atoms with E-state index in [1.807, 2.05) is 24.3 Å². The molecule has 1 fully saturated rings. The van der Waals surface area contributed by atoms with Crippen LogP contribution in [0.2, 0.25) is 0 Å². The van der Waals surface area contributed by atoms with Crippen LogP contribution in [-0.2, 0) is 14.3 Å². The van der Waals surface area contributed by atoms with Gasteiger partial charge < -0.3 is 20.1 Å². The smallest absolute Gasteiger partial charge is 0.407 e. The Morgan fingerprint density at radius 1 is 1.00 bits per heavy atom. The van der Waals surface area contributed by atoms with Crippen LogP contribution in [0.3, 0.4) is 0 Å². The number of rotatable bonds is 7. The second kappa shape index (κ2) is 9.36. The molecular weight excluding hydrogens is 444 g/mol. The third kappa shape index (κ3) is 4.64. The number of amides is 2. The molecule has 4 rings (SSSR count). The van der Waals surface area contributed by atoms with Crippen LogP contribution in [0.1, 0.15) is 64.0 Å². The first-order chi connectivity index (χ1) is 16.5. The summed E-state index contributed by atoms with van der Waals surface area (Å²) < 4.78 is 5.70. The molecular formula is C28H34N2O5. The van der Waals surface area contributed by atoms with Crippen molar-refractivity contribution in [1.29, 1.82) is 0 Å². The van der Waals surface area contributed by atoms with E-state index in [-0.39, 0.29) is 30.9 Å². The number of likely N-dealkylation sites (tertiary alicyclic amines) is 1. The van der Waals surface area contributed by atoms with E-state index in [1.165, 1.54) is 0 Å². The zero-order chi connectivity index (χ0) is 25.4. The quantitative estimate of drug-likeness (QED) is 0.596. The van der Waals surface area contributed by atoms with E-state index in [4.69, 9.17) is 4.74 Å². The van der Waals surface area contributed by atoms with E-state index in [2.05, 4.69) is 29.6 Å². The number of carboxylic acids is 1. The summed E-state index contributed by atoms with van der Waals surface area (Å²) in [6.45, 7) is 7.89. The molecule has 0 bridgehead atoms. The fourth-order valence-electron chi connectivity index (χ4n) is 5.19. The summed E-state index contributed by atoms with van der Waals surface area (Å²) in [6, 6.07) is 16.0. The van der Waals surface area contributed by atoms with Gasteiger partial charge in [-0.05, 0) is 62.8 Å². The number of carboxylic acid groups (broad SMARTS) is 1. The van der Waals surface area contributed by atoms with Gasteiger partial charge in [-0.3, -0.25) is 9.59 Å². The number of hydrogen-bond acceptors (Lipinski definition) is 4. The number of fused-ring (bicyclic) bond motifs is 3. The van der Waals surface area contributed by atoms with Crippen LogP contribution in [-0.4, -0.2) is 52.7 Å². The lowest BCUT2D eigenvalue weighted by Crippen LogP contribution is -2.60. The SMILES string of the molecule is CC(C)(NC(=O)OCC1c2ccccc2-c2ccccc21)C(C)(C)C(=O)N1CCCC1CC(=O)O. The monoisotopic (exact) mass is 478 g/mol. The van der Waals surface area contributed by atoms with Crippen LogP contribution in [0.25, 0.3) is 11.1 Å². The van der Waals surface area contributed by atoms with Gasteiger partial charge in [-0.25, -0.2) is 4.79 Å². The molecule has 0 aromatic heterocycles. The molecule has 2 aromatic carbocycles. The maximum absolute atomic E-state index is 13.5. The number of nitrogens with zero attached hydrogens (tertiary/aromatic N) is 1. The molecule has 0 saturated carbocycles. The zero-order valence-electron chi connectivity index (χ0n) is 20.8. The summed E-state index contributed by atoms with van der Waals surface area (Å²) in [4.78, 5) is 39.3. The number of carbonyl (C=O) groups is 3. The highest BCUT2D eigenvalue weighted by Crippen LogP contribution is 2.44. The predicted octanol–water partition coefficient (Wildman–Crippen LogP) is 4.80. The Hall–Kier alpha value is -3.35. The van der Waals surface area contributed by atoms with Gasteiger partial charge in [-0.1, -0.05) is 48.5 Å². The van der Waals surface area contributed by atoms with Crippen molar-refractivity contribution in [2.75, 3.05) is 13.2 Å². The lowest BCUT2D eigenvalue weighted by molar-refractivity contribution is -0.147. The first kappa shape index (κ1) is 24.8. The summed E-state index contributed by atoms with van der Waals surface area (Å²) in [7, 11) is 0. The fourth-order valence-corrected chi connectivity index (χ4v) is 5.19. The fraction of sp³-hybridized carbons (Fsp3) is 0.464. The first-order valence-electron chi connectivity index (χ1n) is 12.2. The van der Waals surface area contributed by atoms with Crippen LogP contribution in [0.5, 0.6) is 0 Å². The Balaban J connectivity index is 1.43. The number of hydrogen-bond donors (Lipinski definition) is 2. The highest BCUT2D eigenvalue weighted by molar-refractivity contribution is 5.85. The van der Waals surface area contributed by atoms with Crippen molar-refractivity contribution < 1.29 is 24.2 Å². The summed E-state index contributed by atoms with van der Waals surface area (Å²) >= 11 is 0. The van der Waals surface area contributed by atoms with Crippen molar-refractivity contribution in [2.24, 2.45) is 5.41 Å². The molecule has 1 unspecified atom stereocenters. The van der Waals surface area contributed by atoms with Gasteiger partial charge in [0.2, 0.25) is 5.91 Å². The van der Waals surface area contributed by atoms with E-state index in [0.717, 1.165) is 28.7 Å². The molecule has 2 aliphatic rings. The minimum absolute atomic E-state index is 0.0488. The van der Waals surface area contributed by atoms with Crippen LogP contribution in [0.4, 0.5) is 4.79 Å². The molecule has 0 spiro atoms. The number of ether oxygens (including phenoxy) is 1. The highest BCUT2D eigenvalue weighted by Gasteiger charge is 2.48.